The molecule has 0 amide bonds. The number of aliphatic hydroxyl groups excluding tert-OH is 3. The molecule has 1 aliphatic rings. The Hall–Kier alpha value is -1.55. The molecule has 5 atom stereocenters. The molecule has 1 unspecified atom stereocenters. The number of aromatic amines is 1. The van der Waals surface area contributed by atoms with Gasteiger partial charge in [-0.1, -0.05) is 0 Å². The predicted molar refractivity (Wildman–Crippen MR) is 89.2 cm³/mol. The number of hydrogen-bond acceptors (Lipinski definition) is 8. The molecule has 1 saturated carbocycles. The second-order valence-corrected chi connectivity index (χ2v) is 8.07. The van der Waals surface area contributed by atoms with E-state index < -0.39 is 19.8 Å². The van der Waals surface area contributed by atoms with E-state index in [1.165, 1.54) is 6.33 Å². The van der Waals surface area contributed by atoms with Crippen LogP contribution in [0.4, 0.5) is 5.82 Å². The Morgan fingerprint density at radius 2 is 2.16 bits per heavy atom. The minimum absolute atomic E-state index is 0.200. The third-order valence-electron chi connectivity index (χ3n) is 4.47. The van der Waals surface area contributed by atoms with Gasteiger partial charge >= 0.3 is 7.60 Å². The average Bonchev–Trinajstić information content (AvgIpc) is 3.09. The summed E-state index contributed by atoms with van der Waals surface area (Å²) in [6, 6.07) is 0. The molecule has 0 radical (unpaired) electrons. The SMILES string of the molecule is CP(=O)(O)OCNc1ncnc2c([C@@H]3C[C@H](CO)[C@@H](O)[C@H]3O)c[nH]c12. The zero-order chi connectivity index (χ0) is 18.2. The topological polar surface area (TPSA) is 161 Å². The van der Waals surface area contributed by atoms with E-state index in [0.717, 1.165) is 6.66 Å². The molecule has 6 N–H and O–H groups in total. The number of fused-ring (bicyclic) bond motifs is 1. The molecule has 11 heteroatoms. The van der Waals surface area contributed by atoms with Crippen LogP contribution in [-0.4, -0.2) is 67.4 Å². The Bertz CT molecular complexity index is 793. The van der Waals surface area contributed by atoms with E-state index >= 15 is 0 Å². The van der Waals surface area contributed by atoms with Gasteiger partial charge in [0.25, 0.3) is 0 Å². The summed E-state index contributed by atoms with van der Waals surface area (Å²) in [5.74, 6) is -0.370. The first kappa shape index (κ1) is 18.2. The second-order valence-electron chi connectivity index (χ2n) is 6.21. The van der Waals surface area contributed by atoms with Crippen LogP contribution in [0.3, 0.4) is 0 Å². The van der Waals surface area contributed by atoms with Crippen molar-refractivity contribution in [1.82, 2.24) is 15.0 Å². The lowest BCUT2D eigenvalue weighted by atomic mass is 9.96. The van der Waals surface area contributed by atoms with E-state index in [1.54, 1.807) is 6.20 Å². The lowest BCUT2D eigenvalue weighted by Gasteiger charge is -2.16. The van der Waals surface area contributed by atoms with Gasteiger partial charge in [0.05, 0.1) is 17.7 Å². The molecular weight excluding hydrogens is 351 g/mol. The zero-order valence-electron chi connectivity index (χ0n) is 13.5. The highest BCUT2D eigenvalue weighted by Gasteiger charge is 2.42. The molecule has 2 aromatic rings. The first-order valence-corrected chi connectivity index (χ1v) is 9.82. The Morgan fingerprint density at radius 3 is 2.80 bits per heavy atom. The van der Waals surface area contributed by atoms with Crippen molar-refractivity contribution in [3.05, 3.63) is 18.1 Å². The summed E-state index contributed by atoms with van der Waals surface area (Å²) in [4.78, 5) is 20.5. The number of H-pyrrole nitrogens is 1. The zero-order valence-corrected chi connectivity index (χ0v) is 14.4. The van der Waals surface area contributed by atoms with Crippen LogP contribution in [0.5, 0.6) is 0 Å². The van der Waals surface area contributed by atoms with Crippen LogP contribution in [0.25, 0.3) is 11.0 Å². The van der Waals surface area contributed by atoms with Crippen molar-refractivity contribution in [2.75, 3.05) is 25.3 Å². The maximum Gasteiger partial charge on any atom is 0.326 e. The van der Waals surface area contributed by atoms with Crippen molar-refractivity contribution in [1.29, 1.82) is 0 Å². The second kappa shape index (κ2) is 6.99. The highest BCUT2D eigenvalue weighted by molar-refractivity contribution is 7.51. The lowest BCUT2D eigenvalue weighted by Crippen LogP contribution is -2.28. The molecular formula is C14H21N4O6P. The van der Waals surface area contributed by atoms with Crippen LogP contribution in [0.1, 0.15) is 17.9 Å². The van der Waals surface area contributed by atoms with Crippen molar-refractivity contribution >= 4 is 24.4 Å². The fourth-order valence-electron chi connectivity index (χ4n) is 3.21. The Balaban J connectivity index is 1.85. The van der Waals surface area contributed by atoms with Gasteiger partial charge in [0.15, 0.2) is 5.82 Å². The number of nitrogens with zero attached hydrogens (tertiary/aromatic N) is 2. The molecule has 1 aliphatic carbocycles. The smallest absolute Gasteiger partial charge is 0.326 e. The highest BCUT2D eigenvalue weighted by atomic mass is 31.2. The van der Waals surface area contributed by atoms with Crippen LogP contribution in [-0.2, 0) is 9.09 Å². The molecule has 1 fully saturated rings. The number of rotatable bonds is 6. The summed E-state index contributed by atoms with van der Waals surface area (Å²) >= 11 is 0. The fourth-order valence-corrected chi connectivity index (χ4v) is 3.52. The maximum absolute atomic E-state index is 11.2. The van der Waals surface area contributed by atoms with E-state index in [-0.39, 0.29) is 25.2 Å². The standard InChI is InChI=1S/C14H21N4O6P/c1-25(22,23)24-6-18-14-11-10(16-5-17-14)9(3-15-11)8-2-7(4-19)12(20)13(8)21/h3,5,7-8,12-13,15,19-21H,2,4,6H2,1H3,(H,22,23)(H,16,17,18)/t7-,8+,12-,13+/m1/s1. The van der Waals surface area contributed by atoms with Gasteiger partial charge in [0.2, 0.25) is 0 Å². The molecule has 3 rings (SSSR count). The Morgan fingerprint density at radius 1 is 1.40 bits per heavy atom. The average molecular weight is 372 g/mol. The van der Waals surface area contributed by atoms with Crippen molar-refractivity contribution < 1.29 is 29.3 Å². The molecule has 0 aliphatic heterocycles. The minimum Gasteiger partial charge on any atom is -0.396 e. The van der Waals surface area contributed by atoms with Gasteiger partial charge in [-0.25, -0.2) is 9.97 Å². The van der Waals surface area contributed by atoms with Crippen LogP contribution < -0.4 is 5.32 Å². The van der Waals surface area contributed by atoms with Crippen LogP contribution in [0.15, 0.2) is 12.5 Å². The molecule has 0 spiro atoms. The maximum atomic E-state index is 11.2. The van der Waals surface area contributed by atoms with Gasteiger partial charge in [0.1, 0.15) is 18.6 Å². The molecule has 2 aromatic heterocycles. The number of anilines is 1. The predicted octanol–water partition coefficient (Wildman–Crippen LogP) is -0.0233. The van der Waals surface area contributed by atoms with Gasteiger partial charge in [-0.05, 0) is 6.42 Å². The Kier molecular flexibility index (Phi) is 5.10. The molecule has 138 valence electrons. The van der Waals surface area contributed by atoms with Crippen LogP contribution >= 0.6 is 7.60 Å². The van der Waals surface area contributed by atoms with Gasteiger partial charge in [-0.2, -0.15) is 0 Å². The third-order valence-corrected chi connectivity index (χ3v) is 5.08. The largest absolute Gasteiger partial charge is 0.396 e. The first-order chi connectivity index (χ1) is 11.8. The molecule has 10 nitrogen and oxygen atoms in total. The quantitative estimate of drug-likeness (QED) is 0.302. The van der Waals surface area contributed by atoms with Crippen LogP contribution in [0, 0.1) is 5.92 Å². The summed E-state index contributed by atoms with van der Waals surface area (Å²) < 4.78 is 15.9. The van der Waals surface area contributed by atoms with E-state index in [0.29, 0.717) is 28.8 Å². The van der Waals surface area contributed by atoms with Gasteiger partial charge in [-0.3, -0.25) is 9.09 Å². The first-order valence-electron chi connectivity index (χ1n) is 7.79. The van der Waals surface area contributed by atoms with E-state index in [4.69, 9.17) is 9.42 Å². The van der Waals surface area contributed by atoms with E-state index in [9.17, 15) is 19.9 Å². The molecule has 0 aromatic carbocycles. The van der Waals surface area contributed by atoms with Crippen molar-refractivity contribution in [3.63, 3.8) is 0 Å². The Labute approximate surface area is 143 Å². The van der Waals surface area contributed by atoms with E-state index in [2.05, 4.69) is 20.3 Å². The van der Waals surface area contributed by atoms with Crippen molar-refractivity contribution in [3.8, 4) is 0 Å². The summed E-state index contributed by atoms with van der Waals surface area (Å²) in [6.45, 7) is 0.678. The summed E-state index contributed by atoms with van der Waals surface area (Å²) in [6.07, 6.45) is 1.46. The molecule has 0 saturated heterocycles. The van der Waals surface area contributed by atoms with Crippen LogP contribution in [0.2, 0.25) is 0 Å². The van der Waals surface area contributed by atoms with E-state index in [1.807, 2.05) is 0 Å². The lowest BCUT2D eigenvalue weighted by molar-refractivity contribution is 0.00241. The molecule has 0 bridgehead atoms. The van der Waals surface area contributed by atoms with Crippen molar-refractivity contribution in [2.24, 2.45) is 5.92 Å². The monoisotopic (exact) mass is 372 g/mol. The highest BCUT2D eigenvalue weighted by Crippen LogP contribution is 2.41. The molecule has 25 heavy (non-hydrogen) atoms. The normalized spacial score (nSPS) is 29.0. The number of aromatic nitrogens is 3. The van der Waals surface area contributed by atoms with Gasteiger partial charge < -0.3 is 30.5 Å². The number of nitrogens with one attached hydrogen (secondary N) is 2. The minimum atomic E-state index is -3.60. The van der Waals surface area contributed by atoms with Crippen molar-refractivity contribution in [2.45, 2.75) is 24.5 Å². The number of aliphatic hydroxyl groups is 3. The fraction of sp³-hybridized carbons (Fsp3) is 0.571. The summed E-state index contributed by atoms with van der Waals surface area (Å²) in [5.41, 5.74) is 1.84. The number of hydrogen-bond donors (Lipinski definition) is 6. The summed E-state index contributed by atoms with van der Waals surface area (Å²) in [5, 5.41) is 32.4. The molecule has 2 heterocycles. The third kappa shape index (κ3) is 3.69. The summed E-state index contributed by atoms with van der Waals surface area (Å²) in [7, 11) is -3.60. The van der Waals surface area contributed by atoms with Gasteiger partial charge in [0, 0.05) is 36.9 Å². The van der Waals surface area contributed by atoms with Gasteiger partial charge in [-0.15, -0.1) is 0 Å².